The summed E-state index contributed by atoms with van der Waals surface area (Å²) in [6.45, 7) is 0.505. The first-order valence-corrected chi connectivity index (χ1v) is 7.95. The van der Waals surface area contributed by atoms with Crippen molar-refractivity contribution in [2.24, 2.45) is 5.10 Å². The number of halogens is 2. The highest BCUT2D eigenvalue weighted by Gasteiger charge is 2.18. The Morgan fingerprint density at radius 2 is 1.96 bits per heavy atom. The number of hydrazone groups is 1. The van der Waals surface area contributed by atoms with Crippen LogP contribution < -0.4 is 5.43 Å². The Morgan fingerprint density at radius 1 is 1.19 bits per heavy atom. The Balaban J connectivity index is 1.68. The zero-order valence-corrected chi connectivity index (χ0v) is 14.1. The monoisotopic (exact) mass is 373 g/mol. The Hall–Kier alpha value is -3.19. The number of furan rings is 1. The number of nitro groups is 1. The fourth-order valence-corrected chi connectivity index (χ4v) is 2.41. The molecule has 1 aromatic heterocycles. The average Bonchev–Trinajstić information content (AvgIpc) is 3.09. The summed E-state index contributed by atoms with van der Waals surface area (Å²) in [5.41, 5.74) is 3.71. The van der Waals surface area contributed by atoms with Gasteiger partial charge >= 0.3 is 0 Å². The van der Waals surface area contributed by atoms with Gasteiger partial charge in [0.2, 0.25) is 0 Å². The lowest BCUT2D eigenvalue weighted by Crippen LogP contribution is -2.05. The second kappa shape index (κ2) is 7.79. The highest BCUT2D eigenvalue weighted by molar-refractivity contribution is 6.30. The van der Waals surface area contributed by atoms with Crippen LogP contribution in [-0.4, -0.2) is 11.1 Å². The maximum atomic E-state index is 13.2. The zero-order chi connectivity index (χ0) is 18.5. The van der Waals surface area contributed by atoms with Crippen LogP contribution in [0.15, 0.2) is 64.1 Å². The van der Waals surface area contributed by atoms with Gasteiger partial charge in [0.15, 0.2) is 0 Å². The maximum Gasteiger partial charge on any atom is 0.283 e. The van der Waals surface area contributed by atoms with Crippen molar-refractivity contribution in [3.63, 3.8) is 0 Å². The van der Waals surface area contributed by atoms with Crippen LogP contribution in [0.4, 0.5) is 10.1 Å². The number of nitrogens with zero attached hydrogens (tertiary/aromatic N) is 2. The van der Waals surface area contributed by atoms with E-state index in [4.69, 9.17) is 16.0 Å². The van der Waals surface area contributed by atoms with Gasteiger partial charge in [0.1, 0.15) is 17.3 Å². The molecule has 6 nitrogen and oxygen atoms in total. The van der Waals surface area contributed by atoms with E-state index in [9.17, 15) is 14.5 Å². The van der Waals surface area contributed by atoms with Crippen molar-refractivity contribution in [3.05, 3.63) is 86.9 Å². The molecule has 0 unspecified atom stereocenters. The van der Waals surface area contributed by atoms with Crippen molar-refractivity contribution in [1.82, 2.24) is 5.43 Å². The number of hydrogen-bond acceptors (Lipinski definition) is 5. The number of nitro benzene ring substituents is 1. The van der Waals surface area contributed by atoms with Crippen molar-refractivity contribution in [2.45, 2.75) is 6.54 Å². The standard InChI is InChI=1S/C18H13ClFN3O3/c19-13-3-1-12(2-4-13)10-21-22-11-15-6-8-18(26-15)16-7-5-14(20)9-17(16)23(24)25/h1-9,11,21H,10H2/b22-11-. The number of benzene rings is 2. The van der Waals surface area contributed by atoms with E-state index in [1.165, 1.54) is 12.3 Å². The lowest BCUT2D eigenvalue weighted by Gasteiger charge is -2.00. The van der Waals surface area contributed by atoms with Crippen LogP contribution in [0.1, 0.15) is 11.3 Å². The molecule has 0 bridgehead atoms. The Labute approximate surface area is 153 Å². The predicted molar refractivity (Wildman–Crippen MR) is 96.6 cm³/mol. The summed E-state index contributed by atoms with van der Waals surface area (Å²) in [7, 11) is 0. The molecular formula is C18H13ClFN3O3. The van der Waals surface area contributed by atoms with E-state index in [-0.39, 0.29) is 17.0 Å². The minimum Gasteiger partial charge on any atom is -0.455 e. The van der Waals surface area contributed by atoms with E-state index in [1.807, 2.05) is 12.1 Å². The molecule has 0 saturated carbocycles. The Bertz CT molecular complexity index is 955. The normalized spacial score (nSPS) is 11.0. The molecule has 0 saturated heterocycles. The lowest BCUT2D eigenvalue weighted by atomic mass is 10.1. The minimum absolute atomic E-state index is 0.199. The van der Waals surface area contributed by atoms with Gasteiger partial charge in [-0.25, -0.2) is 4.39 Å². The zero-order valence-electron chi connectivity index (χ0n) is 13.4. The number of hydrogen-bond donors (Lipinski definition) is 1. The van der Waals surface area contributed by atoms with Gasteiger partial charge in [0, 0.05) is 5.02 Å². The van der Waals surface area contributed by atoms with Crippen LogP contribution in [0.5, 0.6) is 0 Å². The van der Waals surface area contributed by atoms with Crippen LogP contribution >= 0.6 is 11.6 Å². The molecule has 0 radical (unpaired) electrons. The molecule has 2 aromatic carbocycles. The molecule has 26 heavy (non-hydrogen) atoms. The third kappa shape index (κ3) is 4.25. The molecule has 3 aromatic rings. The first kappa shape index (κ1) is 17.6. The summed E-state index contributed by atoms with van der Waals surface area (Å²) in [6.07, 6.45) is 1.45. The highest BCUT2D eigenvalue weighted by Crippen LogP contribution is 2.31. The van der Waals surface area contributed by atoms with Gasteiger partial charge in [-0.05, 0) is 42.0 Å². The molecule has 0 aliphatic rings. The first-order chi connectivity index (χ1) is 12.5. The van der Waals surface area contributed by atoms with E-state index in [0.717, 1.165) is 17.7 Å². The molecule has 8 heteroatoms. The van der Waals surface area contributed by atoms with Crippen molar-refractivity contribution >= 4 is 23.5 Å². The van der Waals surface area contributed by atoms with Crippen LogP contribution in [0.2, 0.25) is 5.02 Å². The van der Waals surface area contributed by atoms with Gasteiger partial charge in [0.05, 0.1) is 29.3 Å². The second-order valence-electron chi connectivity index (χ2n) is 5.34. The summed E-state index contributed by atoms with van der Waals surface area (Å²) < 4.78 is 18.8. The van der Waals surface area contributed by atoms with Crippen LogP contribution in [0, 0.1) is 15.9 Å². The average molecular weight is 374 g/mol. The molecule has 0 aliphatic carbocycles. The van der Waals surface area contributed by atoms with Gasteiger partial charge < -0.3 is 9.84 Å². The molecule has 0 fully saturated rings. The quantitative estimate of drug-likeness (QED) is 0.383. The van der Waals surface area contributed by atoms with E-state index in [1.54, 1.807) is 24.3 Å². The minimum atomic E-state index is -0.680. The van der Waals surface area contributed by atoms with Crippen molar-refractivity contribution < 1.29 is 13.7 Å². The summed E-state index contributed by atoms with van der Waals surface area (Å²) in [5, 5.41) is 15.8. The number of rotatable bonds is 6. The summed E-state index contributed by atoms with van der Waals surface area (Å²) in [4.78, 5) is 10.4. The van der Waals surface area contributed by atoms with E-state index < -0.39 is 10.7 Å². The Kier molecular flexibility index (Phi) is 5.28. The molecule has 3 rings (SSSR count). The maximum absolute atomic E-state index is 13.2. The highest BCUT2D eigenvalue weighted by atomic mass is 35.5. The summed E-state index contributed by atoms with van der Waals surface area (Å²) in [5.74, 6) is -0.0155. The smallest absolute Gasteiger partial charge is 0.283 e. The lowest BCUT2D eigenvalue weighted by molar-refractivity contribution is -0.384. The van der Waals surface area contributed by atoms with E-state index in [0.29, 0.717) is 17.3 Å². The molecule has 0 atom stereocenters. The summed E-state index contributed by atoms with van der Waals surface area (Å²) >= 11 is 5.82. The van der Waals surface area contributed by atoms with Gasteiger partial charge in [-0.1, -0.05) is 23.7 Å². The predicted octanol–water partition coefficient (Wildman–Crippen LogP) is 4.77. The van der Waals surface area contributed by atoms with Crippen LogP contribution in [-0.2, 0) is 6.54 Å². The first-order valence-electron chi connectivity index (χ1n) is 7.57. The largest absolute Gasteiger partial charge is 0.455 e. The molecule has 1 heterocycles. The molecule has 1 N–H and O–H groups in total. The fourth-order valence-electron chi connectivity index (χ4n) is 2.28. The van der Waals surface area contributed by atoms with Crippen molar-refractivity contribution in [1.29, 1.82) is 0 Å². The van der Waals surface area contributed by atoms with Gasteiger partial charge in [-0.2, -0.15) is 5.10 Å². The Morgan fingerprint density at radius 3 is 2.69 bits per heavy atom. The van der Waals surface area contributed by atoms with E-state index >= 15 is 0 Å². The molecule has 132 valence electrons. The van der Waals surface area contributed by atoms with Crippen LogP contribution in [0.25, 0.3) is 11.3 Å². The molecule has 0 aliphatic heterocycles. The van der Waals surface area contributed by atoms with Crippen LogP contribution in [0.3, 0.4) is 0 Å². The second-order valence-corrected chi connectivity index (χ2v) is 5.78. The third-order valence-corrected chi connectivity index (χ3v) is 3.78. The number of nitrogens with one attached hydrogen (secondary N) is 1. The van der Waals surface area contributed by atoms with E-state index in [2.05, 4.69) is 10.5 Å². The van der Waals surface area contributed by atoms with Gasteiger partial charge in [0.25, 0.3) is 5.69 Å². The van der Waals surface area contributed by atoms with Crippen molar-refractivity contribution in [2.75, 3.05) is 0 Å². The molecule has 0 spiro atoms. The topological polar surface area (TPSA) is 80.7 Å². The molecular weight excluding hydrogens is 361 g/mol. The summed E-state index contributed by atoms with van der Waals surface area (Å²) in [6, 6.07) is 13.8. The third-order valence-electron chi connectivity index (χ3n) is 3.53. The fraction of sp³-hybridized carbons (Fsp3) is 0.0556. The van der Waals surface area contributed by atoms with Crippen molar-refractivity contribution in [3.8, 4) is 11.3 Å². The van der Waals surface area contributed by atoms with Gasteiger partial charge in [-0.3, -0.25) is 10.1 Å². The van der Waals surface area contributed by atoms with Gasteiger partial charge in [-0.15, -0.1) is 0 Å². The SMILES string of the molecule is O=[N+]([O-])c1cc(F)ccc1-c1ccc(/C=N\NCc2ccc(Cl)cc2)o1. The molecule has 0 amide bonds.